The molecule has 0 saturated heterocycles. The fourth-order valence-electron chi connectivity index (χ4n) is 10.2. The average Bonchev–Trinajstić information content (AvgIpc) is 2.75. The Hall–Kier alpha value is -1.05. The average molecular weight is 469 g/mol. The molecule has 9 unspecified atom stereocenters. The van der Waals surface area contributed by atoms with Crippen molar-refractivity contribution >= 4 is 5.97 Å². The molecule has 34 heavy (non-hydrogen) atoms. The molecule has 9 atom stereocenters. The predicted molar refractivity (Wildman–Crippen MR) is 142 cm³/mol. The largest absolute Gasteiger partial charge is 0.462 e. The van der Waals surface area contributed by atoms with Gasteiger partial charge in [0.25, 0.3) is 0 Å². The molecule has 0 radical (unpaired) electrons. The van der Waals surface area contributed by atoms with E-state index in [0.29, 0.717) is 34.5 Å². The molecule has 0 aromatic heterocycles. The third-order valence-electron chi connectivity index (χ3n) is 12.5. The highest BCUT2D eigenvalue weighted by Crippen LogP contribution is 2.73. The SMILES string of the molecule is C=C1CCC(C)C(C2=CCC3C4(C)CCC(OC(C)=O)C(C)(C)C4CCC3(C)C2(C)CC)C1C. The first-order chi connectivity index (χ1) is 15.7. The van der Waals surface area contributed by atoms with Gasteiger partial charge in [-0.1, -0.05) is 79.2 Å². The number of carbonyl (C=O) groups excluding carboxylic acids is 1. The van der Waals surface area contributed by atoms with Gasteiger partial charge in [0.15, 0.2) is 0 Å². The maximum Gasteiger partial charge on any atom is 0.302 e. The Morgan fingerprint density at radius 1 is 1.06 bits per heavy atom. The van der Waals surface area contributed by atoms with E-state index in [-0.39, 0.29) is 22.9 Å². The number of hydrogen-bond donors (Lipinski definition) is 0. The van der Waals surface area contributed by atoms with Gasteiger partial charge >= 0.3 is 5.97 Å². The normalized spacial score (nSPS) is 48.4. The van der Waals surface area contributed by atoms with Crippen molar-refractivity contribution in [2.45, 2.75) is 120 Å². The first-order valence-corrected chi connectivity index (χ1v) is 14.3. The van der Waals surface area contributed by atoms with Gasteiger partial charge < -0.3 is 4.74 Å². The second kappa shape index (κ2) is 8.52. The van der Waals surface area contributed by atoms with Gasteiger partial charge in [-0.15, -0.1) is 0 Å². The predicted octanol–water partition coefficient (Wildman–Crippen LogP) is 8.76. The van der Waals surface area contributed by atoms with Gasteiger partial charge in [0.1, 0.15) is 6.10 Å². The second-order valence-electron chi connectivity index (χ2n) is 14.1. The van der Waals surface area contributed by atoms with Crippen molar-refractivity contribution in [1.82, 2.24) is 0 Å². The van der Waals surface area contributed by atoms with Gasteiger partial charge in [0, 0.05) is 12.3 Å². The summed E-state index contributed by atoms with van der Waals surface area (Å²) in [5.41, 5.74) is 4.08. The van der Waals surface area contributed by atoms with Gasteiger partial charge in [-0.25, -0.2) is 0 Å². The molecular weight excluding hydrogens is 416 g/mol. The molecule has 0 N–H and O–H groups in total. The lowest BCUT2D eigenvalue weighted by atomic mass is 9.35. The Labute approximate surface area is 210 Å². The summed E-state index contributed by atoms with van der Waals surface area (Å²) in [5, 5.41) is 0. The fourth-order valence-corrected chi connectivity index (χ4v) is 10.2. The first kappa shape index (κ1) is 26.0. The zero-order valence-corrected chi connectivity index (χ0v) is 23.7. The molecule has 3 fully saturated rings. The van der Waals surface area contributed by atoms with E-state index >= 15 is 0 Å². The molecule has 0 spiro atoms. The van der Waals surface area contributed by atoms with Crippen molar-refractivity contribution in [2.75, 3.05) is 0 Å². The minimum atomic E-state index is -0.122. The summed E-state index contributed by atoms with van der Waals surface area (Å²) < 4.78 is 5.89. The van der Waals surface area contributed by atoms with E-state index in [9.17, 15) is 4.79 Å². The highest BCUT2D eigenvalue weighted by Gasteiger charge is 2.66. The summed E-state index contributed by atoms with van der Waals surface area (Å²) in [6.07, 6.45) is 12.4. The fraction of sp³-hybridized carbons (Fsp3) is 0.844. The summed E-state index contributed by atoms with van der Waals surface area (Å²) in [5.74, 6) is 3.13. The zero-order valence-electron chi connectivity index (χ0n) is 23.7. The van der Waals surface area contributed by atoms with Crippen LogP contribution < -0.4 is 0 Å². The molecule has 2 heteroatoms. The molecule has 0 aromatic carbocycles. The van der Waals surface area contributed by atoms with E-state index in [0.717, 1.165) is 12.3 Å². The molecule has 0 aliphatic heterocycles. The van der Waals surface area contributed by atoms with Gasteiger partial charge in [-0.2, -0.15) is 0 Å². The summed E-state index contributed by atoms with van der Waals surface area (Å²) in [7, 11) is 0. The Bertz CT molecular complexity index is 866. The molecule has 0 amide bonds. The molecule has 0 aromatic rings. The van der Waals surface area contributed by atoms with Crippen LogP contribution in [-0.4, -0.2) is 12.1 Å². The van der Waals surface area contributed by atoms with Crippen LogP contribution in [0.3, 0.4) is 0 Å². The van der Waals surface area contributed by atoms with Gasteiger partial charge in [0.2, 0.25) is 0 Å². The van der Waals surface area contributed by atoms with Gasteiger partial charge in [-0.05, 0) is 97.2 Å². The second-order valence-corrected chi connectivity index (χ2v) is 14.1. The summed E-state index contributed by atoms with van der Waals surface area (Å²) in [6.45, 7) is 26.1. The molecule has 0 heterocycles. The molecule has 4 aliphatic carbocycles. The van der Waals surface area contributed by atoms with Crippen LogP contribution in [0.4, 0.5) is 0 Å². The molecule has 3 saturated carbocycles. The Balaban J connectivity index is 1.75. The van der Waals surface area contributed by atoms with Crippen LogP contribution in [0.2, 0.25) is 0 Å². The lowest BCUT2D eigenvalue weighted by Crippen LogP contribution is -2.63. The van der Waals surface area contributed by atoms with E-state index in [4.69, 9.17) is 4.74 Å². The van der Waals surface area contributed by atoms with Crippen LogP contribution in [0.15, 0.2) is 23.8 Å². The highest BCUT2D eigenvalue weighted by atomic mass is 16.5. The van der Waals surface area contributed by atoms with Crippen molar-refractivity contribution in [3.05, 3.63) is 23.8 Å². The number of fused-ring (bicyclic) bond motifs is 3. The lowest BCUT2D eigenvalue weighted by Gasteiger charge is -2.69. The topological polar surface area (TPSA) is 26.3 Å². The van der Waals surface area contributed by atoms with Crippen molar-refractivity contribution in [3.63, 3.8) is 0 Å². The quantitative estimate of drug-likeness (QED) is 0.305. The van der Waals surface area contributed by atoms with Crippen LogP contribution in [0.25, 0.3) is 0 Å². The molecular formula is C32H52O2. The number of ether oxygens (including phenoxy) is 1. The third kappa shape index (κ3) is 3.51. The van der Waals surface area contributed by atoms with E-state index in [2.05, 4.69) is 68.0 Å². The van der Waals surface area contributed by atoms with Crippen LogP contribution in [-0.2, 0) is 9.53 Å². The van der Waals surface area contributed by atoms with E-state index in [1.165, 1.54) is 50.5 Å². The highest BCUT2D eigenvalue weighted by molar-refractivity contribution is 5.66. The standard InChI is InChI=1S/C32H52O2/c1-11-31(9)24(28-21(3)13-12-20(2)22(28)4)14-15-26-30(8)18-17-27(34-23(5)33)29(6,7)25(30)16-19-32(26,31)10/h14,21-22,25-28H,2,11-13,15-19H2,1,3-10H3. The maximum absolute atomic E-state index is 11.9. The number of hydrogen-bond acceptors (Lipinski definition) is 2. The minimum Gasteiger partial charge on any atom is -0.462 e. The first-order valence-electron chi connectivity index (χ1n) is 14.3. The van der Waals surface area contributed by atoms with E-state index < -0.39 is 0 Å². The number of allylic oxidation sites excluding steroid dienone is 3. The van der Waals surface area contributed by atoms with Crippen molar-refractivity contribution in [2.24, 2.45) is 51.2 Å². The van der Waals surface area contributed by atoms with Crippen LogP contribution in [0.1, 0.15) is 114 Å². The zero-order chi connectivity index (χ0) is 25.3. The maximum atomic E-state index is 11.9. The minimum absolute atomic E-state index is 0.0246. The van der Waals surface area contributed by atoms with Crippen LogP contribution in [0.5, 0.6) is 0 Å². The third-order valence-corrected chi connectivity index (χ3v) is 12.5. The summed E-state index contributed by atoms with van der Waals surface area (Å²) in [4.78, 5) is 11.9. The summed E-state index contributed by atoms with van der Waals surface area (Å²) in [6, 6.07) is 0. The Morgan fingerprint density at radius 2 is 1.74 bits per heavy atom. The molecule has 2 nitrogen and oxygen atoms in total. The Kier molecular flexibility index (Phi) is 6.52. The van der Waals surface area contributed by atoms with E-state index in [1.807, 2.05) is 0 Å². The lowest BCUT2D eigenvalue weighted by molar-refractivity contribution is -0.207. The number of carbonyl (C=O) groups is 1. The summed E-state index contributed by atoms with van der Waals surface area (Å²) >= 11 is 0. The molecule has 192 valence electrons. The van der Waals surface area contributed by atoms with Crippen molar-refractivity contribution < 1.29 is 9.53 Å². The van der Waals surface area contributed by atoms with Gasteiger partial charge in [-0.3, -0.25) is 4.79 Å². The molecule has 4 aliphatic rings. The molecule has 0 bridgehead atoms. The van der Waals surface area contributed by atoms with Gasteiger partial charge in [0.05, 0.1) is 0 Å². The van der Waals surface area contributed by atoms with Crippen LogP contribution >= 0.6 is 0 Å². The van der Waals surface area contributed by atoms with Crippen LogP contribution in [0, 0.1) is 51.2 Å². The number of rotatable bonds is 3. The van der Waals surface area contributed by atoms with Crippen molar-refractivity contribution in [3.8, 4) is 0 Å². The van der Waals surface area contributed by atoms with E-state index in [1.54, 1.807) is 12.5 Å². The number of esters is 1. The Morgan fingerprint density at radius 3 is 2.35 bits per heavy atom. The monoisotopic (exact) mass is 468 g/mol. The van der Waals surface area contributed by atoms with Crippen molar-refractivity contribution in [1.29, 1.82) is 0 Å². The smallest absolute Gasteiger partial charge is 0.302 e. The molecule has 4 rings (SSSR count).